The maximum atomic E-state index is 13.2. The molecule has 0 saturated carbocycles. The van der Waals surface area contributed by atoms with Gasteiger partial charge in [-0.1, -0.05) is 64.0 Å². The van der Waals surface area contributed by atoms with Crippen molar-refractivity contribution in [3.05, 3.63) is 64.7 Å². The maximum absolute atomic E-state index is 13.2. The highest BCUT2D eigenvalue weighted by Gasteiger charge is 2.37. The van der Waals surface area contributed by atoms with E-state index in [0.29, 0.717) is 12.0 Å². The molecule has 0 fully saturated rings. The van der Waals surface area contributed by atoms with Crippen LogP contribution < -0.4 is 5.32 Å². The number of carboxylic acids is 1. The van der Waals surface area contributed by atoms with Crippen molar-refractivity contribution < 1.29 is 24.6 Å². The number of rotatable bonds is 7. The monoisotopic (exact) mass is 452 g/mol. The number of aromatic carboxylic acids is 1. The molecule has 3 rings (SSSR count). The SMILES string of the molecule is CCC(O)ON=C(C(=O)Nc1ccccc1C(=O)O)c1ccc2c(c1)C(C)(C)CCC2(C)C. The second-order valence-corrected chi connectivity index (χ2v) is 9.74. The first-order chi connectivity index (χ1) is 15.5. The van der Waals surface area contributed by atoms with Crippen molar-refractivity contribution >= 4 is 23.3 Å². The molecule has 7 heteroatoms. The van der Waals surface area contributed by atoms with Crippen LogP contribution in [0.1, 0.15) is 80.9 Å². The smallest absolute Gasteiger partial charge is 0.337 e. The number of benzene rings is 2. The average molecular weight is 453 g/mol. The van der Waals surface area contributed by atoms with Crippen molar-refractivity contribution in [1.29, 1.82) is 0 Å². The molecule has 33 heavy (non-hydrogen) atoms. The number of carbonyl (C=O) groups excluding carboxylic acids is 1. The van der Waals surface area contributed by atoms with Crippen LogP contribution in [0.2, 0.25) is 0 Å². The minimum absolute atomic E-state index is 0.0122. The minimum Gasteiger partial charge on any atom is -0.478 e. The largest absolute Gasteiger partial charge is 0.478 e. The van der Waals surface area contributed by atoms with Gasteiger partial charge in [-0.25, -0.2) is 4.79 Å². The van der Waals surface area contributed by atoms with E-state index in [1.165, 1.54) is 17.7 Å². The molecule has 2 aromatic carbocycles. The van der Waals surface area contributed by atoms with E-state index < -0.39 is 18.2 Å². The zero-order valence-electron chi connectivity index (χ0n) is 19.8. The second kappa shape index (κ2) is 9.35. The van der Waals surface area contributed by atoms with E-state index in [2.05, 4.69) is 38.2 Å². The van der Waals surface area contributed by atoms with Crippen molar-refractivity contribution in [3.8, 4) is 0 Å². The summed E-state index contributed by atoms with van der Waals surface area (Å²) < 4.78 is 0. The molecule has 176 valence electrons. The summed E-state index contributed by atoms with van der Waals surface area (Å²) in [5.74, 6) is -1.78. The first-order valence-corrected chi connectivity index (χ1v) is 11.2. The Morgan fingerprint density at radius 2 is 1.70 bits per heavy atom. The normalized spacial score (nSPS) is 17.6. The van der Waals surface area contributed by atoms with Crippen LogP contribution in [0.25, 0.3) is 0 Å². The zero-order valence-corrected chi connectivity index (χ0v) is 19.8. The summed E-state index contributed by atoms with van der Waals surface area (Å²) in [7, 11) is 0. The fraction of sp³-hybridized carbons (Fsp3) is 0.423. The molecule has 1 amide bonds. The number of nitrogens with zero attached hydrogens (tertiary/aromatic N) is 1. The van der Waals surface area contributed by atoms with Crippen molar-refractivity contribution in [1.82, 2.24) is 0 Å². The number of aliphatic hydroxyl groups excluding tert-OH is 1. The Morgan fingerprint density at radius 3 is 2.33 bits per heavy atom. The molecular weight excluding hydrogens is 420 g/mol. The molecule has 0 aromatic heterocycles. The second-order valence-electron chi connectivity index (χ2n) is 9.74. The quantitative estimate of drug-likeness (QED) is 0.317. The van der Waals surface area contributed by atoms with E-state index in [1.807, 2.05) is 18.2 Å². The summed E-state index contributed by atoms with van der Waals surface area (Å²) in [6, 6.07) is 12.0. The molecule has 1 atom stereocenters. The standard InChI is InChI=1S/C26H32N2O5/c1-6-21(29)33-28-22(23(30)27-20-10-8-7-9-17(20)24(31)32)16-11-12-18-19(15-16)26(4,5)14-13-25(18,2)3/h7-12,15,21,29H,6,13-14H2,1-5H3,(H,27,30)(H,31,32). The van der Waals surface area contributed by atoms with Crippen LogP contribution in [0, 0.1) is 0 Å². The van der Waals surface area contributed by atoms with E-state index >= 15 is 0 Å². The van der Waals surface area contributed by atoms with Crippen molar-refractivity contribution in [3.63, 3.8) is 0 Å². The highest BCUT2D eigenvalue weighted by atomic mass is 16.7. The Hall–Kier alpha value is -3.19. The number of fused-ring (bicyclic) bond motifs is 1. The van der Waals surface area contributed by atoms with Gasteiger partial charge in [0.15, 0.2) is 5.71 Å². The number of nitrogens with one attached hydrogen (secondary N) is 1. The van der Waals surface area contributed by atoms with Crippen LogP contribution in [-0.4, -0.2) is 34.1 Å². The number of oxime groups is 1. The van der Waals surface area contributed by atoms with Gasteiger partial charge in [0.2, 0.25) is 6.29 Å². The lowest BCUT2D eigenvalue weighted by Crippen LogP contribution is -2.34. The number of carboxylic acid groups (broad SMARTS) is 1. The predicted molar refractivity (Wildman–Crippen MR) is 128 cm³/mol. The van der Waals surface area contributed by atoms with Gasteiger partial charge in [-0.15, -0.1) is 0 Å². The van der Waals surface area contributed by atoms with Crippen molar-refractivity contribution in [2.24, 2.45) is 5.16 Å². The zero-order chi connectivity index (χ0) is 24.4. The van der Waals surface area contributed by atoms with Crippen LogP contribution in [0.15, 0.2) is 47.6 Å². The van der Waals surface area contributed by atoms with Crippen molar-refractivity contribution in [2.45, 2.75) is 71.0 Å². The molecule has 0 bridgehead atoms. The molecule has 0 aliphatic heterocycles. The third-order valence-corrected chi connectivity index (χ3v) is 6.36. The van der Waals surface area contributed by atoms with Crippen LogP contribution in [0.4, 0.5) is 5.69 Å². The lowest BCUT2D eigenvalue weighted by Gasteiger charge is -2.42. The van der Waals surface area contributed by atoms with E-state index in [4.69, 9.17) is 4.84 Å². The topological polar surface area (TPSA) is 108 Å². The maximum Gasteiger partial charge on any atom is 0.337 e. The Balaban J connectivity index is 2.06. The number of hydrogen-bond acceptors (Lipinski definition) is 5. The Kier molecular flexibility index (Phi) is 6.93. The Bertz CT molecular complexity index is 1090. The fourth-order valence-electron chi connectivity index (χ4n) is 4.11. The summed E-state index contributed by atoms with van der Waals surface area (Å²) in [5.41, 5.74) is 2.91. The van der Waals surface area contributed by atoms with E-state index in [-0.39, 0.29) is 27.8 Å². The minimum atomic E-state index is -1.16. The molecule has 7 nitrogen and oxygen atoms in total. The van der Waals surface area contributed by atoms with Gasteiger partial charge in [0.05, 0.1) is 11.3 Å². The summed E-state index contributed by atoms with van der Waals surface area (Å²) in [4.78, 5) is 29.9. The summed E-state index contributed by atoms with van der Waals surface area (Å²) in [6.07, 6.45) is 1.20. The number of aliphatic hydroxyl groups is 1. The van der Waals surface area contributed by atoms with Crippen LogP contribution in [0.3, 0.4) is 0 Å². The van der Waals surface area contributed by atoms with Gasteiger partial charge in [-0.3, -0.25) is 4.79 Å². The van der Waals surface area contributed by atoms with E-state index in [0.717, 1.165) is 18.4 Å². The first-order valence-electron chi connectivity index (χ1n) is 11.2. The molecule has 0 spiro atoms. The highest BCUT2D eigenvalue weighted by molar-refractivity contribution is 6.49. The summed E-state index contributed by atoms with van der Waals surface area (Å²) >= 11 is 0. The van der Waals surface area contributed by atoms with Crippen LogP contribution in [-0.2, 0) is 20.5 Å². The van der Waals surface area contributed by atoms with Crippen LogP contribution in [0.5, 0.6) is 0 Å². The molecule has 1 aliphatic carbocycles. The van der Waals surface area contributed by atoms with Gasteiger partial charge in [-0.2, -0.15) is 0 Å². The van der Waals surface area contributed by atoms with Gasteiger partial charge < -0.3 is 20.4 Å². The summed E-state index contributed by atoms with van der Waals surface area (Å²) in [5, 5.41) is 25.9. The van der Waals surface area contributed by atoms with E-state index in [9.17, 15) is 19.8 Å². The Labute approximate surface area is 194 Å². The molecule has 0 saturated heterocycles. The molecule has 0 radical (unpaired) electrons. The van der Waals surface area contributed by atoms with Gasteiger partial charge in [0.1, 0.15) is 0 Å². The molecule has 2 aromatic rings. The molecule has 3 N–H and O–H groups in total. The van der Waals surface area contributed by atoms with Gasteiger partial charge in [0, 0.05) is 12.0 Å². The highest BCUT2D eigenvalue weighted by Crippen LogP contribution is 2.46. The average Bonchev–Trinajstić information content (AvgIpc) is 2.77. The third kappa shape index (κ3) is 5.25. The first kappa shape index (κ1) is 24.5. The predicted octanol–water partition coefficient (Wildman–Crippen LogP) is 4.82. The molecule has 1 aliphatic rings. The number of hydrogen-bond donors (Lipinski definition) is 3. The van der Waals surface area contributed by atoms with E-state index in [1.54, 1.807) is 19.1 Å². The van der Waals surface area contributed by atoms with Gasteiger partial charge >= 0.3 is 5.97 Å². The summed E-state index contributed by atoms with van der Waals surface area (Å²) in [6.45, 7) is 10.5. The Morgan fingerprint density at radius 1 is 1.06 bits per heavy atom. The van der Waals surface area contributed by atoms with Gasteiger partial charge in [0.25, 0.3) is 5.91 Å². The molecule has 1 unspecified atom stereocenters. The lowest BCUT2D eigenvalue weighted by atomic mass is 9.63. The van der Waals surface area contributed by atoms with Gasteiger partial charge in [-0.05, 0) is 53.0 Å². The number of anilines is 1. The fourth-order valence-corrected chi connectivity index (χ4v) is 4.11. The number of carbonyl (C=O) groups is 2. The third-order valence-electron chi connectivity index (χ3n) is 6.36. The van der Waals surface area contributed by atoms with Crippen LogP contribution >= 0.6 is 0 Å². The number of para-hydroxylation sites is 1. The number of amides is 1. The lowest BCUT2D eigenvalue weighted by molar-refractivity contribution is -0.112. The molecule has 0 heterocycles. The molecular formula is C26H32N2O5. The van der Waals surface area contributed by atoms with Crippen molar-refractivity contribution in [2.75, 3.05) is 5.32 Å².